The summed E-state index contributed by atoms with van der Waals surface area (Å²) >= 11 is 3.44. The number of imidazole rings is 1. The molecule has 0 bridgehead atoms. The third kappa shape index (κ3) is 2.51. The summed E-state index contributed by atoms with van der Waals surface area (Å²) in [5.41, 5.74) is 2.64. The highest BCUT2D eigenvalue weighted by molar-refractivity contribution is 9.10. The molecular weight excluding hydrogens is 323 g/mol. The van der Waals surface area contributed by atoms with Gasteiger partial charge in [0.15, 0.2) is 5.65 Å². The van der Waals surface area contributed by atoms with Gasteiger partial charge in [0, 0.05) is 18.9 Å². The third-order valence-electron chi connectivity index (χ3n) is 3.07. The third-order valence-corrected chi connectivity index (χ3v) is 3.66. The van der Waals surface area contributed by atoms with E-state index < -0.39 is 0 Å². The minimum Gasteiger partial charge on any atom is -0.369 e. The standard InChI is InChI=1S/C14H12BrFN4/c1-19(12-4-2-10(16)3-5-12)8-11-9-20-13(15)6-18-14(20)7-17-11/h2-7,9H,8H2,1H3. The van der Waals surface area contributed by atoms with E-state index in [4.69, 9.17) is 0 Å². The van der Waals surface area contributed by atoms with E-state index in [-0.39, 0.29) is 5.82 Å². The zero-order chi connectivity index (χ0) is 14.1. The second-order valence-electron chi connectivity index (χ2n) is 4.52. The fourth-order valence-corrected chi connectivity index (χ4v) is 2.40. The van der Waals surface area contributed by atoms with Gasteiger partial charge in [-0.15, -0.1) is 0 Å². The highest BCUT2D eigenvalue weighted by Gasteiger charge is 2.06. The summed E-state index contributed by atoms with van der Waals surface area (Å²) in [6, 6.07) is 6.41. The first-order valence-corrected chi connectivity index (χ1v) is 6.87. The Morgan fingerprint density at radius 3 is 2.70 bits per heavy atom. The smallest absolute Gasteiger partial charge is 0.156 e. The van der Waals surface area contributed by atoms with Crippen LogP contribution >= 0.6 is 15.9 Å². The summed E-state index contributed by atoms with van der Waals surface area (Å²) in [7, 11) is 1.95. The van der Waals surface area contributed by atoms with Crippen molar-refractivity contribution in [1.29, 1.82) is 0 Å². The van der Waals surface area contributed by atoms with Gasteiger partial charge in [0.1, 0.15) is 10.4 Å². The predicted octanol–water partition coefficient (Wildman–Crippen LogP) is 3.27. The number of anilines is 1. The molecule has 3 aromatic rings. The van der Waals surface area contributed by atoms with Crippen molar-refractivity contribution in [3.63, 3.8) is 0 Å². The number of nitrogens with zero attached hydrogens (tertiary/aromatic N) is 4. The van der Waals surface area contributed by atoms with Crippen LogP contribution in [0.15, 0.2) is 47.5 Å². The van der Waals surface area contributed by atoms with Crippen molar-refractivity contribution < 1.29 is 4.39 Å². The van der Waals surface area contributed by atoms with E-state index >= 15 is 0 Å². The number of rotatable bonds is 3. The van der Waals surface area contributed by atoms with Gasteiger partial charge in [-0.25, -0.2) is 9.37 Å². The number of hydrogen-bond donors (Lipinski definition) is 0. The fraction of sp³-hybridized carbons (Fsp3) is 0.143. The maximum Gasteiger partial charge on any atom is 0.156 e. The van der Waals surface area contributed by atoms with Gasteiger partial charge >= 0.3 is 0 Å². The molecule has 20 heavy (non-hydrogen) atoms. The minimum absolute atomic E-state index is 0.232. The molecule has 2 heterocycles. The first-order chi connectivity index (χ1) is 9.63. The lowest BCUT2D eigenvalue weighted by Crippen LogP contribution is -2.17. The molecule has 0 fully saturated rings. The van der Waals surface area contributed by atoms with Gasteiger partial charge in [-0.3, -0.25) is 9.38 Å². The molecule has 0 aliphatic carbocycles. The van der Waals surface area contributed by atoms with Gasteiger partial charge in [-0.2, -0.15) is 0 Å². The van der Waals surface area contributed by atoms with Crippen LogP contribution in [0.4, 0.5) is 10.1 Å². The van der Waals surface area contributed by atoms with E-state index in [1.165, 1.54) is 12.1 Å². The van der Waals surface area contributed by atoms with Crippen LogP contribution in [-0.4, -0.2) is 21.4 Å². The zero-order valence-electron chi connectivity index (χ0n) is 10.8. The van der Waals surface area contributed by atoms with Gasteiger partial charge < -0.3 is 4.90 Å². The molecule has 3 rings (SSSR count). The van der Waals surface area contributed by atoms with E-state index in [1.54, 1.807) is 24.5 Å². The van der Waals surface area contributed by atoms with Crippen molar-refractivity contribution in [2.24, 2.45) is 0 Å². The van der Waals surface area contributed by atoms with E-state index in [1.807, 2.05) is 22.5 Å². The maximum absolute atomic E-state index is 12.9. The lowest BCUT2D eigenvalue weighted by Gasteiger charge is -2.18. The molecule has 102 valence electrons. The number of aromatic nitrogens is 3. The van der Waals surface area contributed by atoms with Crippen LogP contribution in [0.3, 0.4) is 0 Å². The van der Waals surface area contributed by atoms with Crippen LogP contribution in [0.1, 0.15) is 5.69 Å². The summed E-state index contributed by atoms with van der Waals surface area (Å²) in [5, 5.41) is 0. The van der Waals surface area contributed by atoms with Crippen molar-refractivity contribution >= 4 is 27.3 Å². The molecule has 0 atom stereocenters. The van der Waals surface area contributed by atoms with Crippen LogP contribution in [0, 0.1) is 5.82 Å². The monoisotopic (exact) mass is 334 g/mol. The second kappa shape index (κ2) is 5.20. The van der Waals surface area contributed by atoms with Crippen molar-refractivity contribution in [1.82, 2.24) is 14.4 Å². The molecule has 0 unspecified atom stereocenters. The van der Waals surface area contributed by atoms with Crippen molar-refractivity contribution in [3.05, 3.63) is 59.0 Å². The average molecular weight is 335 g/mol. The molecule has 4 nitrogen and oxygen atoms in total. The molecule has 0 saturated carbocycles. The van der Waals surface area contributed by atoms with E-state index in [0.717, 1.165) is 21.6 Å². The number of fused-ring (bicyclic) bond motifs is 1. The first-order valence-electron chi connectivity index (χ1n) is 6.07. The molecule has 0 N–H and O–H groups in total. The SMILES string of the molecule is CN(Cc1cn2c(Br)cnc2cn1)c1ccc(F)cc1. The van der Waals surface area contributed by atoms with Gasteiger partial charge in [0.2, 0.25) is 0 Å². The molecular formula is C14H12BrFN4. The van der Waals surface area contributed by atoms with Crippen molar-refractivity contribution in [2.75, 3.05) is 11.9 Å². The molecule has 2 aromatic heterocycles. The Bertz CT molecular complexity index is 739. The Morgan fingerprint density at radius 2 is 1.95 bits per heavy atom. The topological polar surface area (TPSA) is 33.4 Å². The van der Waals surface area contributed by atoms with Gasteiger partial charge in [0.05, 0.1) is 24.6 Å². The van der Waals surface area contributed by atoms with Crippen LogP contribution in [0.2, 0.25) is 0 Å². The largest absolute Gasteiger partial charge is 0.369 e. The zero-order valence-corrected chi connectivity index (χ0v) is 12.4. The Hall–Kier alpha value is -1.95. The minimum atomic E-state index is -0.232. The van der Waals surface area contributed by atoms with Gasteiger partial charge in [-0.1, -0.05) is 0 Å². The number of benzene rings is 1. The quantitative estimate of drug-likeness (QED) is 0.737. The first kappa shape index (κ1) is 13.1. The highest BCUT2D eigenvalue weighted by atomic mass is 79.9. The number of halogens is 2. The van der Waals surface area contributed by atoms with Crippen molar-refractivity contribution in [3.8, 4) is 0 Å². The molecule has 0 aliphatic heterocycles. The molecule has 0 spiro atoms. The normalized spacial score (nSPS) is 10.9. The van der Waals surface area contributed by atoms with Crippen LogP contribution in [0.5, 0.6) is 0 Å². The summed E-state index contributed by atoms with van der Waals surface area (Å²) in [6.07, 6.45) is 5.41. The van der Waals surface area contributed by atoms with Crippen molar-refractivity contribution in [2.45, 2.75) is 6.54 Å². The van der Waals surface area contributed by atoms with E-state index in [9.17, 15) is 4.39 Å². The molecule has 6 heteroatoms. The summed E-state index contributed by atoms with van der Waals surface area (Å²) in [4.78, 5) is 10.6. The maximum atomic E-state index is 12.9. The summed E-state index contributed by atoms with van der Waals surface area (Å²) < 4.78 is 15.7. The van der Waals surface area contributed by atoms with Crippen LogP contribution in [0.25, 0.3) is 5.65 Å². The Kier molecular flexibility index (Phi) is 3.40. The average Bonchev–Trinajstić information content (AvgIpc) is 2.81. The Morgan fingerprint density at radius 1 is 1.20 bits per heavy atom. The molecule has 0 amide bonds. The second-order valence-corrected chi connectivity index (χ2v) is 5.33. The fourth-order valence-electron chi connectivity index (χ4n) is 2.01. The van der Waals surface area contributed by atoms with Gasteiger partial charge in [-0.05, 0) is 40.2 Å². The summed E-state index contributed by atoms with van der Waals surface area (Å²) in [5.74, 6) is -0.232. The number of hydrogen-bond acceptors (Lipinski definition) is 3. The van der Waals surface area contributed by atoms with Crippen LogP contribution in [-0.2, 0) is 6.54 Å². The van der Waals surface area contributed by atoms with Crippen LogP contribution < -0.4 is 4.90 Å². The van der Waals surface area contributed by atoms with Gasteiger partial charge in [0.25, 0.3) is 0 Å². The van der Waals surface area contributed by atoms with E-state index in [2.05, 4.69) is 25.9 Å². The lowest BCUT2D eigenvalue weighted by atomic mass is 10.3. The molecule has 0 radical (unpaired) electrons. The molecule has 0 aliphatic rings. The van der Waals surface area contributed by atoms with E-state index in [0.29, 0.717) is 6.54 Å². The summed E-state index contributed by atoms with van der Waals surface area (Å²) in [6.45, 7) is 0.631. The predicted molar refractivity (Wildman–Crippen MR) is 79.2 cm³/mol. The molecule has 1 aromatic carbocycles. The lowest BCUT2D eigenvalue weighted by molar-refractivity contribution is 0.627. The molecule has 0 saturated heterocycles. The highest BCUT2D eigenvalue weighted by Crippen LogP contribution is 2.17. The Labute approximate surface area is 124 Å². The Balaban J connectivity index is 1.84.